The van der Waals surface area contributed by atoms with Crippen molar-refractivity contribution in [1.82, 2.24) is 24.8 Å². The summed E-state index contributed by atoms with van der Waals surface area (Å²) in [4.78, 5) is 30.2. The second kappa shape index (κ2) is 12.1. The van der Waals surface area contributed by atoms with Gasteiger partial charge in [-0.15, -0.1) is 0 Å². The molecule has 2 aliphatic rings. The average molecular weight is 499 g/mol. The minimum absolute atomic E-state index is 0.0458. The Hall–Kier alpha value is -2.52. The molecule has 1 saturated carbocycles. The van der Waals surface area contributed by atoms with Gasteiger partial charge in [-0.05, 0) is 57.8 Å². The summed E-state index contributed by atoms with van der Waals surface area (Å²) in [6.45, 7) is 6.43. The van der Waals surface area contributed by atoms with Crippen molar-refractivity contribution in [3.05, 3.63) is 18.0 Å². The summed E-state index contributed by atoms with van der Waals surface area (Å²) in [6, 6.07) is 0.294. The van der Waals surface area contributed by atoms with E-state index >= 15 is 0 Å². The number of aromatic nitrogens is 3. The van der Waals surface area contributed by atoms with E-state index in [4.69, 9.17) is 14.7 Å². The van der Waals surface area contributed by atoms with Crippen molar-refractivity contribution in [1.29, 1.82) is 0 Å². The molecular formula is C27H42N6O3. The molecule has 2 aromatic heterocycles. The standard InChI is InChI=1S/C27H42N6O3/c1-5-6-18(2)30-27-29-16-23-25(31-27)22(19-7-9-20(34)10-8-19)15-28-26(23)36-21-11-13-33(14-12-21)17-24(35)32(3)4/h15-16,18-21,34H,5-14,17H2,1-4H3,(H,29,30,31)/t18?,19-,20-. The lowest BCUT2D eigenvalue weighted by molar-refractivity contribution is -0.130. The van der Waals surface area contributed by atoms with Crippen LogP contribution in [0.3, 0.4) is 0 Å². The largest absolute Gasteiger partial charge is 0.474 e. The summed E-state index contributed by atoms with van der Waals surface area (Å²) in [7, 11) is 3.59. The molecule has 198 valence electrons. The third kappa shape index (κ3) is 6.62. The minimum Gasteiger partial charge on any atom is -0.474 e. The quantitative estimate of drug-likeness (QED) is 0.541. The summed E-state index contributed by atoms with van der Waals surface area (Å²) in [5.41, 5.74) is 2.02. The van der Waals surface area contributed by atoms with Gasteiger partial charge in [-0.3, -0.25) is 9.69 Å². The number of nitrogens with one attached hydrogen (secondary N) is 1. The van der Waals surface area contributed by atoms with E-state index in [2.05, 4.69) is 29.0 Å². The van der Waals surface area contributed by atoms with Crippen LogP contribution in [0.5, 0.6) is 5.88 Å². The zero-order chi connectivity index (χ0) is 25.7. The number of carbonyl (C=O) groups is 1. The molecule has 1 unspecified atom stereocenters. The van der Waals surface area contributed by atoms with E-state index in [0.29, 0.717) is 30.3 Å². The molecule has 1 atom stereocenters. The number of fused-ring (bicyclic) bond motifs is 1. The van der Waals surface area contributed by atoms with Crippen LogP contribution in [0.15, 0.2) is 12.4 Å². The van der Waals surface area contributed by atoms with E-state index < -0.39 is 0 Å². The van der Waals surface area contributed by atoms with E-state index in [1.165, 1.54) is 0 Å². The first-order valence-corrected chi connectivity index (χ1v) is 13.5. The molecular weight excluding hydrogens is 456 g/mol. The van der Waals surface area contributed by atoms with Crippen molar-refractivity contribution in [2.24, 2.45) is 0 Å². The predicted molar refractivity (Wildman–Crippen MR) is 141 cm³/mol. The smallest absolute Gasteiger partial charge is 0.236 e. The van der Waals surface area contributed by atoms with Crippen molar-refractivity contribution in [3.8, 4) is 5.88 Å². The van der Waals surface area contributed by atoms with Gasteiger partial charge in [0.1, 0.15) is 6.10 Å². The van der Waals surface area contributed by atoms with Crippen LogP contribution in [0, 0.1) is 0 Å². The third-order valence-electron chi connectivity index (χ3n) is 7.52. The number of nitrogens with zero attached hydrogens (tertiary/aromatic N) is 5. The zero-order valence-corrected chi connectivity index (χ0v) is 22.2. The fourth-order valence-electron chi connectivity index (χ4n) is 5.27. The Morgan fingerprint density at radius 3 is 2.56 bits per heavy atom. The fourth-order valence-corrected chi connectivity index (χ4v) is 5.27. The number of ether oxygens (including phenoxy) is 1. The highest BCUT2D eigenvalue weighted by Gasteiger charge is 2.27. The summed E-state index contributed by atoms with van der Waals surface area (Å²) in [6.07, 6.45) is 10.9. The molecule has 4 rings (SSSR count). The molecule has 0 aromatic carbocycles. The van der Waals surface area contributed by atoms with Crippen molar-refractivity contribution in [2.45, 2.75) is 89.4 Å². The molecule has 36 heavy (non-hydrogen) atoms. The van der Waals surface area contributed by atoms with E-state index in [1.54, 1.807) is 19.0 Å². The molecule has 1 saturated heterocycles. The number of piperidine rings is 1. The summed E-state index contributed by atoms with van der Waals surface area (Å²) < 4.78 is 6.41. The van der Waals surface area contributed by atoms with E-state index in [-0.39, 0.29) is 18.1 Å². The third-order valence-corrected chi connectivity index (χ3v) is 7.52. The molecule has 0 radical (unpaired) electrons. The summed E-state index contributed by atoms with van der Waals surface area (Å²) >= 11 is 0. The molecule has 2 aromatic rings. The minimum atomic E-state index is -0.205. The molecule has 9 heteroatoms. The Labute approximate surface area is 214 Å². The Bertz CT molecular complexity index is 1020. The van der Waals surface area contributed by atoms with Crippen LogP contribution in [0.25, 0.3) is 10.9 Å². The molecule has 9 nitrogen and oxygen atoms in total. The van der Waals surface area contributed by atoms with Crippen LogP contribution in [-0.4, -0.2) is 87.7 Å². The maximum absolute atomic E-state index is 12.1. The number of aliphatic hydroxyl groups is 1. The lowest BCUT2D eigenvalue weighted by Crippen LogP contribution is -2.43. The van der Waals surface area contributed by atoms with E-state index in [9.17, 15) is 9.90 Å². The number of amides is 1. The van der Waals surface area contributed by atoms with Crippen LogP contribution >= 0.6 is 0 Å². The van der Waals surface area contributed by atoms with E-state index in [0.717, 1.165) is 80.9 Å². The Morgan fingerprint density at radius 2 is 1.89 bits per heavy atom. The maximum atomic E-state index is 12.1. The lowest BCUT2D eigenvalue weighted by atomic mass is 9.83. The summed E-state index contributed by atoms with van der Waals surface area (Å²) in [5.74, 6) is 1.67. The van der Waals surface area contributed by atoms with Gasteiger partial charge in [0, 0.05) is 51.2 Å². The predicted octanol–water partition coefficient (Wildman–Crippen LogP) is 3.58. The Morgan fingerprint density at radius 1 is 1.17 bits per heavy atom. The van der Waals surface area contributed by atoms with E-state index in [1.807, 2.05) is 12.4 Å². The van der Waals surface area contributed by atoms with Crippen LogP contribution in [-0.2, 0) is 4.79 Å². The molecule has 1 aliphatic heterocycles. The number of hydrogen-bond donors (Lipinski definition) is 2. The topological polar surface area (TPSA) is 104 Å². The zero-order valence-electron chi connectivity index (χ0n) is 22.2. The van der Waals surface area contributed by atoms with Crippen molar-refractivity contribution in [3.63, 3.8) is 0 Å². The van der Waals surface area contributed by atoms with Gasteiger partial charge in [-0.1, -0.05) is 13.3 Å². The molecule has 1 amide bonds. The number of carbonyl (C=O) groups excluding carboxylic acids is 1. The van der Waals surface area contributed by atoms with Crippen molar-refractivity contribution in [2.75, 3.05) is 39.0 Å². The number of aliphatic hydroxyl groups excluding tert-OH is 1. The number of anilines is 1. The Balaban J connectivity index is 1.53. The van der Waals surface area contributed by atoms with Crippen molar-refractivity contribution >= 4 is 22.8 Å². The van der Waals surface area contributed by atoms with Gasteiger partial charge in [0.25, 0.3) is 0 Å². The highest BCUT2D eigenvalue weighted by atomic mass is 16.5. The van der Waals surface area contributed by atoms with Gasteiger partial charge in [0.15, 0.2) is 0 Å². The van der Waals surface area contributed by atoms with Gasteiger partial charge in [0.2, 0.25) is 17.7 Å². The van der Waals surface area contributed by atoms with Crippen molar-refractivity contribution < 1.29 is 14.6 Å². The molecule has 0 spiro atoms. The molecule has 0 bridgehead atoms. The maximum Gasteiger partial charge on any atom is 0.236 e. The highest BCUT2D eigenvalue weighted by molar-refractivity contribution is 5.86. The second-order valence-electron chi connectivity index (χ2n) is 10.7. The normalized spacial score (nSPS) is 22.4. The first-order chi connectivity index (χ1) is 17.3. The van der Waals surface area contributed by atoms with Crippen LogP contribution in [0.4, 0.5) is 5.95 Å². The Kier molecular flexibility index (Phi) is 8.95. The molecule has 2 fully saturated rings. The van der Waals surface area contributed by atoms with Gasteiger partial charge < -0.3 is 20.1 Å². The molecule has 1 aliphatic carbocycles. The molecule has 2 N–H and O–H groups in total. The number of pyridine rings is 1. The number of hydrogen-bond acceptors (Lipinski definition) is 8. The molecule has 3 heterocycles. The van der Waals surface area contributed by atoms with Gasteiger partial charge >= 0.3 is 0 Å². The number of likely N-dealkylation sites (tertiary alicyclic amines) is 1. The SMILES string of the molecule is CCCC(C)Nc1ncc2c(OC3CCN(CC(=O)N(C)C)CC3)ncc([C@H]3CC[C@H](O)CC3)c2n1. The monoisotopic (exact) mass is 498 g/mol. The van der Waals surface area contributed by atoms with Gasteiger partial charge in [-0.25, -0.2) is 15.0 Å². The van der Waals surface area contributed by atoms with Gasteiger partial charge in [0.05, 0.1) is 23.6 Å². The summed E-state index contributed by atoms with van der Waals surface area (Å²) in [5, 5.41) is 14.3. The van der Waals surface area contributed by atoms with Crippen LogP contribution < -0.4 is 10.1 Å². The second-order valence-corrected chi connectivity index (χ2v) is 10.7. The first-order valence-electron chi connectivity index (χ1n) is 13.5. The fraction of sp³-hybridized carbons (Fsp3) is 0.704. The first kappa shape index (κ1) is 26.5. The highest BCUT2D eigenvalue weighted by Crippen LogP contribution is 2.38. The van der Waals surface area contributed by atoms with Crippen LogP contribution in [0.2, 0.25) is 0 Å². The van der Waals surface area contributed by atoms with Crippen LogP contribution in [0.1, 0.15) is 76.7 Å². The van der Waals surface area contributed by atoms with Gasteiger partial charge in [-0.2, -0.15) is 0 Å². The number of rotatable bonds is 9. The average Bonchev–Trinajstić information content (AvgIpc) is 2.86. The number of likely N-dealkylation sites (N-methyl/N-ethyl adjacent to an activating group) is 1. The lowest BCUT2D eigenvalue weighted by Gasteiger charge is -2.32.